The first-order valence-corrected chi connectivity index (χ1v) is 14.8. The first-order chi connectivity index (χ1) is 15.9. The maximum Gasteiger partial charge on any atom is 0.302 e. The van der Waals surface area contributed by atoms with Gasteiger partial charge in [-0.1, -0.05) is 67.0 Å². The van der Waals surface area contributed by atoms with Crippen LogP contribution in [0.2, 0.25) is 0 Å². The molecule has 0 aromatic heterocycles. The number of fused-ring (bicyclic) bond motifs is 5. The first-order valence-electron chi connectivity index (χ1n) is 14.8. The number of carbonyl (C=O) groups is 1. The van der Waals surface area contributed by atoms with Crippen LogP contribution < -0.4 is 0 Å². The Morgan fingerprint density at radius 2 is 1.62 bits per heavy atom. The highest BCUT2D eigenvalue weighted by atomic mass is 16.5. The van der Waals surface area contributed by atoms with Gasteiger partial charge in [0.25, 0.3) is 0 Å². The highest BCUT2D eigenvalue weighted by Gasteiger charge is 2.59. The van der Waals surface area contributed by atoms with Gasteiger partial charge in [-0.3, -0.25) is 4.79 Å². The van der Waals surface area contributed by atoms with Crippen molar-refractivity contribution >= 4 is 5.97 Å². The van der Waals surface area contributed by atoms with Crippen molar-refractivity contribution in [3.05, 3.63) is 11.6 Å². The standard InChI is InChI=1S/C32H54O2/c1-19(2)20(3)21(4)22(5)23(6)28-12-13-29-27-11-10-25-18-26(34-24(7)33)14-16-31(25,8)30(27)15-17-32(28,29)9/h10,19-23,26-30H,11-18H2,1-9H3/t20?,21?,22?,23-,26+,27+,28-,29+,30+,31+,32-/m1/s1. The molecule has 34 heavy (non-hydrogen) atoms. The zero-order chi connectivity index (χ0) is 25.0. The second-order valence-corrected chi connectivity index (χ2v) is 14.1. The number of rotatable bonds is 6. The largest absolute Gasteiger partial charge is 0.462 e. The fourth-order valence-corrected chi connectivity index (χ4v) is 9.80. The molecular weight excluding hydrogens is 416 g/mol. The number of ether oxygens (including phenoxy) is 1. The minimum Gasteiger partial charge on any atom is -0.462 e. The number of hydrogen-bond acceptors (Lipinski definition) is 2. The minimum absolute atomic E-state index is 0.107. The molecule has 3 saturated carbocycles. The lowest BCUT2D eigenvalue weighted by molar-refractivity contribution is -0.148. The van der Waals surface area contributed by atoms with E-state index in [-0.39, 0.29) is 12.1 Å². The van der Waals surface area contributed by atoms with Gasteiger partial charge in [-0.25, -0.2) is 0 Å². The normalized spacial score (nSPS) is 43.1. The van der Waals surface area contributed by atoms with Gasteiger partial charge in [0.2, 0.25) is 0 Å². The molecule has 11 atom stereocenters. The molecule has 3 fully saturated rings. The van der Waals surface area contributed by atoms with E-state index in [1.54, 1.807) is 12.5 Å². The van der Waals surface area contributed by atoms with Gasteiger partial charge in [-0.05, 0) is 109 Å². The van der Waals surface area contributed by atoms with Crippen LogP contribution in [0, 0.1) is 64.1 Å². The summed E-state index contributed by atoms with van der Waals surface area (Å²) in [4.78, 5) is 11.5. The van der Waals surface area contributed by atoms with Crippen LogP contribution in [0.15, 0.2) is 11.6 Å². The predicted molar refractivity (Wildman–Crippen MR) is 142 cm³/mol. The van der Waals surface area contributed by atoms with E-state index in [0.717, 1.165) is 66.1 Å². The molecule has 0 amide bonds. The molecule has 0 heterocycles. The Morgan fingerprint density at radius 1 is 0.912 bits per heavy atom. The quantitative estimate of drug-likeness (QED) is 0.286. The van der Waals surface area contributed by atoms with Crippen LogP contribution >= 0.6 is 0 Å². The predicted octanol–water partition coefficient (Wildman–Crippen LogP) is 8.70. The van der Waals surface area contributed by atoms with Gasteiger partial charge < -0.3 is 4.74 Å². The van der Waals surface area contributed by atoms with Gasteiger partial charge in [0.1, 0.15) is 6.10 Å². The van der Waals surface area contributed by atoms with E-state index in [1.165, 1.54) is 38.5 Å². The third-order valence-electron chi connectivity index (χ3n) is 12.6. The summed E-state index contributed by atoms with van der Waals surface area (Å²) < 4.78 is 5.64. The van der Waals surface area contributed by atoms with Gasteiger partial charge in [0, 0.05) is 13.3 Å². The molecule has 0 spiro atoms. The lowest BCUT2D eigenvalue weighted by atomic mass is 9.46. The third kappa shape index (κ3) is 4.32. The van der Waals surface area contributed by atoms with Crippen molar-refractivity contribution in [1.82, 2.24) is 0 Å². The molecule has 0 saturated heterocycles. The van der Waals surface area contributed by atoms with E-state index in [0.29, 0.717) is 10.8 Å². The topological polar surface area (TPSA) is 26.3 Å². The van der Waals surface area contributed by atoms with E-state index in [4.69, 9.17) is 4.74 Å². The van der Waals surface area contributed by atoms with Crippen LogP contribution in [0.1, 0.15) is 114 Å². The average Bonchev–Trinajstić information content (AvgIpc) is 3.14. The molecule has 2 heteroatoms. The summed E-state index contributed by atoms with van der Waals surface area (Å²) in [5, 5.41) is 0. The fourth-order valence-electron chi connectivity index (χ4n) is 9.80. The highest BCUT2D eigenvalue weighted by Crippen LogP contribution is 2.67. The molecule has 4 aliphatic rings. The number of hydrogen-bond donors (Lipinski definition) is 0. The molecule has 0 aromatic rings. The summed E-state index contributed by atoms with van der Waals surface area (Å²) in [7, 11) is 0. The van der Waals surface area contributed by atoms with Crippen LogP contribution in [0.4, 0.5) is 0 Å². The lowest BCUT2D eigenvalue weighted by Crippen LogP contribution is -2.51. The van der Waals surface area contributed by atoms with Crippen molar-refractivity contribution < 1.29 is 9.53 Å². The SMILES string of the molecule is CC(=O)O[C@H]1CC[C@@]2(C)C(=CC[C@H]3[C@@H]4CC[C@H]([C@H](C)C(C)C(C)C(C)C(C)C)[C@@]4(C)CC[C@@H]32)C1. The van der Waals surface area contributed by atoms with Crippen molar-refractivity contribution in [2.45, 2.75) is 120 Å². The Balaban J connectivity index is 1.51. The molecule has 0 bridgehead atoms. The van der Waals surface area contributed by atoms with E-state index < -0.39 is 0 Å². The van der Waals surface area contributed by atoms with Crippen LogP contribution in [0.3, 0.4) is 0 Å². The van der Waals surface area contributed by atoms with E-state index in [2.05, 4.69) is 61.5 Å². The zero-order valence-corrected chi connectivity index (χ0v) is 23.8. The van der Waals surface area contributed by atoms with Gasteiger partial charge in [0.05, 0.1) is 0 Å². The Labute approximate surface area is 211 Å². The second-order valence-electron chi connectivity index (χ2n) is 14.1. The maximum absolute atomic E-state index is 11.5. The lowest BCUT2D eigenvalue weighted by Gasteiger charge is -2.58. The second kappa shape index (κ2) is 9.59. The molecule has 0 N–H and O–H groups in total. The van der Waals surface area contributed by atoms with Gasteiger partial charge >= 0.3 is 5.97 Å². The van der Waals surface area contributed by atoms with E-state index in [1.807, 2.05) is 0 Å². The van der Waals surface area contributed by atoms with Gasteiger partial charge in [0.15, 0.2) is 0 Å². The Kier molecular flexibility index (Phi) is 7.41. The van der Waals surface area contributed by atoms with Gasteiger partial charge in [-0.2, -0.15) is 0 Å². The number of allylic oxidation sites excluding steroid dienone is 1. The summed E-state index contributed by atoms with van der Waals surface area (Å²) in [6.07, 6.45) is 12.9. The van der Waals surface area contributed by atoms with Crippen LogP contribution in [0.25, 0.3) is 0 Å². The van der Waals surface area contributed by atoms with Crippen molar-refractivity contribution in [1.29, 1.82) is 0 Å². The Hall–Kier alpha value is -0.790. The summed E-state index contributed by atoms with van der Waals surface area (Å²) in [5.74, 6) is 7.31. The Bertz CT molecular complexity index is 782. The molecule has 4 rings (SSSR count). The third-order valence-corrected chi connectivity index (χ3v) is 12.6. The van der Waals surface area contributed by atoms with E-state index in [9.17, 15) is 4.79 Å². The average molecular weight is 471 g/mol. The van der Waals surface area contributed by atoms with Crippen LogP contribution in [-0.4, -0.2) is 12.1 Å². The highest BCUT2D eigenvalue weighted by molar-refractivity contribution is 5.66. The summed E-state index contributed by atoms with van der Waals surface area (Å²) in [6.45, 7) is 21.8. The minimum atomic E-state index is -0.117. The summed E-state index contributed by atoms with van der Waals surface area (Å²) >= 11 is 0. The summed E-state index contributed by atoms with van der Waals surface area (Å²) in [6, 6.07) is 0. The molecule has 0 aromatic carbocycles. The molecule has 0 aliphatic heterocycles. The van der Waals surface area contributed by atoms with Crippen LogP contribution in [0.5, 0.6) is 0 Å². The molecule has 3 unspecified atom stereocenters. The molecule has 4 aliphatic carbocycles. The van der Waals surface area contributed by atoms with Crippen molar-refractivity contribution in [3.63, 3.8) is 0 Å². The summed E-state index contributed by atoms with van der Waals surface area (Å²) in [5.41, 5.74) is 2.47. The molecule has 194 valence electrons. The molecule has 0 radical (unpaired) electrons. The van der Waals surface area contributed by atoms with Crippen molar-refractivity contribution in [2.24, 2.45) is 64.1 Å². The van der Waals surface area contributed by atoms with Gasteiger partial charge in [-0.15, -0.1) is 0 Å². The number of esters is 1. The zero-order valence-electron chi connectivity index (χ0n) is 23.8. The fraction of sp³-hybridized carbons (Fsp3) is 0.906. The number of carbonyl (C=O) groups excluding carboxylic acids is 1. The van der Waals surface area contributed by atoms with E-state index >= 15 is 0 Å². The Morgan fingerprint density at radius 3 is 2.26 bits per heavy atom. The van der Waals surface area contributed by atoms with Crippen molar-refractivity contribution in [3.8, 4) is 0 Å². The van der Waals surface area contributed by atoms with Crippen molar-refractivity contribution in [2.75, 3.05) is 0 Å². The monoisotopic (exact) mass is 470 g/mol. The smallest absolute Gasteiger partial charge is 0.302 e. The molecule has 2 nitrogen and oxygen atoms in total. The maximum atomic E-state index is 11.5. The van der Waals surface area contributed by atoms with Crippen LogP contribution in [-0.2, 0) is 9.53 Å². The molecular formula is C32H54O2. The first kappa shape index (κ1) is 26.3.